The summed E-state index contributed by atoms with van der Waals surface area (Å²) in [4.78, 5) is 54.3. The monoisotopic (exact) mass is 500 g/mol. The zero-order valence-electron chi connectivity index (χ0n) is 18.4. The van der Waals surface area contributed by atoms with Crippen molar-refractivity contribution in [1.29, 1.82) is 0 Å². The quantitative estimate of drug-likeness (QED) is 0.343. The average molecular weight is 501 g/mol. The molecule has 0 aliphatic heterocycles. The van der Waals surface area contributed by atoms with Crippen LogP contribution >= 0.6 is 22.9 Å². The first-order valence-electron chi connectivity index (χ1n) is 9.68. The van der Waals surface area contributed by atoms with Gasteiger partial charge in [0.15, 0.2) is 11.4 Å². The Bertz CT molecular complexity index is 989. The fourth-order valence-electron chi connectivity index (χ4n) is 2.69. The van der Waals surface area contributed by atoms with Gasteiger partial charge in [-0.1, -0.05) is 11.6 Å². The number of aromatic nitrogens is 1. The first kappa shape index (κ1) is 26.6. The molecule has 33 heavy (non-hydrogen) atoms. The molecule has 1 aromatic heterocycles. The van der Waals surface area contributed by atoms with E-state index in [0.29, 0.717) is 9.88 Å². The standard InChI is InChI=1S/C20H25ClN4O7S/c1-10-22-7-14(33-10)19(29)25-13(9-32-4)18(28)24-12(8-31-3)17(27)23-11-5-15(21)20(2,30)16(26)6-11/h5-7,12-13,30H,8-9H2,1-4H3,(H,23,27)(H,24,28)(H,25,29)/t12-,13-,20?/m0/s1. The topological polar surface area (TPSA) is 156 Å². The van der Waals surface area contributed by atoms with Crippen molar-refractivity contribution in [3.05, 3.63) is 39.0 Å². The molecule has 3 amide bonds. The lowest BCUT2D eigenvalue weighted by atomic mass is 9.94. The Kier molecular flexibility index (Phi) is 9.25. The number of thiazole rings is 1. The van der Waals surface area contributed by atoms with E-state index < -0.39 is 41.2 Å². The van der Waals surface area contributed by atoms with Crippen molar-refractivity contribution in [1.82, 2.24) is 20.9 Å². The third-order valence-corrected chi connectivity index (χ3v) is 5.94. The first-order valence-corrected chi connectivity index (χ1v) is 10.9. The van der Waals surface area contributed by atoms with Crippen molar-refractivity contribution in [3.63, 3.8) is 0 Å². The third kappa shape index (κ3) is 6.92. The number of rotatable bonds is 10. The van der Waals surface area contributed by atoms with Crippen LogP contribution in [-0.2, 0) is 23.9 Å². The van der Waals surface area contributed by atoms with E-state index in [-0.39, 0.29) is 23.9 Å². The number of aliphatic hydroxyl groups is 1. The lowest BCUT2D eigenvalue weighted by Gasteiger charge is -2.25. The number of hydrogen-bond donors (Lipinski definition) is 4. The van der Waals surface area contributed by atoms with Crippen molar-refractivity contribution >= 4 is 46.4 Å². The highest BCUT2D eigenvalue weighted by Crippen LogP contribution is 2.27. The van der Waals surface area contributed by atoms with Crippen molar-refractivity contribution < 1.29 is 33.8 Å². The van der Waals surface area contributed by atoms with Crippen molar-refractivity contribution in [2.24, 2.45) is 0 Å². The van der Waals surface area contributed by atoms with E-state index in [4.69, 9.17) is 21.1 Å². The zero-order valence-corrected chi connectivity index (χ0v) is 20.0. The number of carbonyl (C=O) groups excluding carboxylic acids is 4. The molecule has 180 valence electrons. The van der Waals surface area contributed by atoms with Gasteiger partial charge in [0.1, 0.15) is 17.0 Å². The van der Waals surface area contributed by atoms with Gasteiger partial charge in [0, 0.05) is 26.0 Å². The summed E-state index contributed by atoms with van der Waals surface area (Å²) in [6, 6.07) is -2.27. The smallest absolute Gasteiger partial charge is 0.263 e. The summed E-state index contributed by atoms with van der Waals surface area (Å²) in [5.41, 5.74) is -1.84. The molecule has 1 aliphatic rings. The molecule has 0 saturated carbocycles. The van der Waals surface area contributed by atoms with Gasteiger partial charge in [0.05, 0.1) is 29.5 Å². The lowest BCUT2D eigenvalue weighted by molar-refractivity contribution is -0.131. The van der Waals surface area contributed by atoms with Gasteiger partial charge >= 0.3 is 0 Å². The van der Waals surface area contributed by atoms with Crippen LogP contribution in [0.2, 0.25) is 0 Å². The molecule has 11 nitrogen and oxygen atoms in total. The van der Waals surface area contributed by atoms with Crippen LogP contribution in [0.4, 0.5) is 0 Å². The second-order valence-corrected chi connectivity index (χ2v) is 8.90. The summed E-state index contributed by atoms with van der Waals surface area (Å²) >= 11 is 7.10. The number of nitrogens with zero attached hydrogens (tertiary/aromatic N) is 1. The van der Waals surface area contributed by atoms with E-state index in [1.54, 1.807) is 6.92 Å². The maximum absolute atomic E-state index is 12.8. The van der Waals surface area contributed by atoms with Crippen LogP contribution in [0.15, 0.2) is 29.1 Å². The minimum Gasteiger partial charge on any atom is -0.382 e. The number of ether oxygens (including phenoxy) is 2. The van der Waals surface area contributed by atoms with E-state index in [2.05, 4.69) is 20.9 Å². The van der Waals surface area contributed by atoms with Crippen LogP contribution < -0.4 is 16.0 Å². The maximum Gasteiger partial charge on any atom is 0.263 e. The van der Waals surface area contributed by atoms with E-state index >= 15 is 0 Å². The fourth-order valence-corrected chi connectivity index (χ4v) is 3.58. The third-order valence-electron chi connectivity index (χ3n) is 4.55. The van der Waals surface area contributed by atoms with Gasteiger partial charge in [0.2, 0.25) is 11.8 Å². The number of aryl methyl sites for hydroxylation is 1. The SMILES string of the molecule is COC[C@H](NC(=O)c1cnc(C)s1)C(=O)N[C@@H](COC)C(=O)NC1=CC(=O)C(C)(O)C(Cl)=C1. The second kappa shape index (κ2) is 11.5. The second-order valence-electron chi connectivity index (χ2n) is 7.26. The normalized spacial score (nSPS) is 19.8. The molecule has 1 unspecified atom stereocenters. The zero-order chi connectivity index (χ0) is 24.8. The van der Waals surface area contributed by atoms with E-state index in [1.807, 2.05) is 0 Å². The Hall–Kier alpha value is -2.64. The molecule has 0 saturated heterocycles. The molecule has 0 spiro atoms. The summed E-state index contributed by atoms with van der Waals surface area (Å²) in [6.07, 6.45) is 3.66. The highest BCUT2D eigenvalue weighted by atomic mass is 35.5. The van der Waals surface area contributed by atoms with Crippen molar-refractivity contribution in [3.8, 4) is 0 Å². The summed E-state index contributed by atoms with van der Waals surface area (Å²) < 4.78 is 10.0. The van der Waals surface area contributed by atoms with Crippen LogP contribution in [0.3, 0.4) is 0 Å². The van der Waals surface area contributed by atoms with E-state index in [1.165, 1.54) is 44.8 Å². The number of halogens is 1. The molecule has 4 N–H and O–H groups in total. The molecule has 0 bridgehead atoms. The predicted molar refractivity (Wildman–Crippen MR) is 120 cm³/mol. The van der Waals surface area contributed by atoms with Crippen LogP contribution in [0, 0.1) is 6.92 Å². The average Bonchev–Trinajstić information content (AvgIpc) is 3.18. The highest BCUT2D eigenvalue weighted by Gasteiger charge is 2.36. The lowest BCUT2D eigenvalue weighted by Crippen LogP contribution is -2.56. The van der Waals surface area contributed by atoms with Crippen molar-refractivity contribution in [2.75, 3.05) is 27.4 Å². The van der Waals surface area contributed by atoms with E-state index in [0.717, 1.165) is 6.08 Å². The molecule has 2 rings (SSSR count). The van der Waals surface area contributed by atoms with Gasteiger partial charge in [-0.2, -0.15) is 0 Å². The molecule has 1 aliphatic carbocycles. The molecule has 3 atom stereocenters. The Labute approximate surface area is 199 Å². The number of allylic oxidation sites excluding steroid dienone is 1. The number of methoxy groups -OCH3 is 2. The fraction of sp³-hybridized carbons (Fsp3) is 0.450. The highest BCUT2D eigenvalue weighted by molar-refractivity contribution is 7.13. The Morgan fingerprint density at radius 3 is 2.27 bits per heavy atom. The first-order chi connectivity index (χ1) is 15.5. The molecule has 0 fully saturated rings. The molecule has 1 heterocycles. The minimum absolute atomic E-state index is 0.0409. The molecular formula is C20H25ClN4O7S. The molecule has 0 aromatic carbocycles. The minimum atomic E-state index is -1.88. The van der Waals surface area contributed by atoms with Gasteiger partial charge in [0.25, 0.3) is 5.91 Å². The predicted octanol–water partition coefficient (Wildman–Crippen LogP) is -0.216. The Balaban J connectivity index is 2.09. The number of nitrogens with one attached hydrogen (secondary N) is 3. The van der Waals surface area contributed by atoms with Crippen LogP contribution in [0.5, 0.6) is 0 Å². The Morgan fingerprint density at radius 1 is 1.15 bits per heavy atom. The van der Waals surface area contributed by atoms with Crippen LogP contribution in [-0.4, -0.2) is 78.7 Å². The molecule has 0 radical (unpaired) electrons. The maximum atomic E-state index is 12.8. The summed E-state index contributed by atoms with van der Waals surface area (Å²) in [6.45, 7) is 2.63. The number of amides is 3. The molecular weight excluding hydrogens is 476 g/mol. The molecule has 13 heteroatoms. The van der Waals surface area contributed by atoms with Gasteiger partial charge in [-0.15, -0.1) is 11.3 Å². The molecule has 1 aromatic rings. The van der Waals surface area contributed by atoms with E-state index in [9.17, 15) is 24.3 Å². The summed E-state index contributed by atoms with van der Waals surface area (Å²) in [5.74, 6) is -2.61. The number of hydrogen-bond acceptors (Lipinski definition) is 9. The summed E-state index contributed by atoms with van der Waals surface area (Å²) in [7, 11) is 2.70. The van der Waals surface area contributed by atoms with Crippen LogP contribution in [0.1, 0.15) is 21.6 Å². The number of ketones is 1. The Morgan fingerprint density at radius 2 is 1.76 bits per heavy atom. The van der Waals surface area contributed by atoms with Crippen molar-refractivity contribution in [2.45, 2.75) is 31.5 Å². The number of carbonyl (C=O) groups is 4. The van der Waals surface area contributed by atoms with Crippen LogP contribution in [0.25, 0.3) is 0 Å². The van der Waals surface area contributed by atoms with Gasteiger partial charge < -0.3 is 30.5 Å². The van der Waals surface area contributed by atoms with Gasteiger partial charge in [-0.25, -0.2) is 4.98 Å². The summed E-state index contributed by atoms with van der Waals surface area (Å²) in [5, 5.41) is 18.0. The van der Waals surface area contributed by atoms with Gasteiger partial charge in [-0.05, 0) is 19.9 Å². The van der Waals surface area contributed by atoms with Gasteiger partial charge in [-0.3, -0.25) is 19.2 Å². The largest absolute Gasteiger partial charge is 0.382 e.